The molecule has 0 fully saturated rings. The molecular weight excluding hydrogens is 437 g/mol. The largest absolute Gasteiger partial charge is 0.394 e. The molecule has 3 N–H and O–H groups in total. The summed E-state index contributed by atoms with van der Waals surface area (Å²) in [4.78, 5) is 9.13. The van der Waals surface area contributed by atoms with Gasteiger partial charge >= 0.3 is 0 Å². The first kappa shape index (κ1) is 24.4. The van der Waals surface area contributed by atoms with Crippen molar-refractivity contribution in [2.75, 3.05) is 37.0 Å². The highest BCUT2D eigenvalue weighted by atomic mass is 35.5. The van der Waals surface area contributed by atoms with Crippen molar-refractivity contribution in [2.24, 2.45) is 0 Å². The summed E-state index contributed by atoms with van der Waals surface area (Å²) < 4.78 is 5.28. The highest BCUT2D eigenvalue weighted by Crippen LogP contribution is 2.21. The average molecular weight is 460 g/mol. The minimum Gasteiger partial charge on any atom is -0.394 e. The van der Waals surface area contributed by atoms with Gasteiger partial charge in [-0.15, -0.1) is 12.4 Å². The standard InChI is InChI=1S/C22H22ClN5O2.ClH/c23-20-4-2-1-3-17(20)13-19-14-21(25-9-11-30-12-10-29)28-22(27-19)26-18-7-5-16(15-24)6-8-18;/h1-8,14,29H,9-13H2,(H2,25,26,27,28);1H. The lowest BCUT2D eigenvalue weighted by molar-refractivity contribution is 0.0992. The molecule has 3 rings (SSSR count). The first-order valence-corrected chi connectivity index (χ1v) is 9.87. The molecule has 0 atom stereocenters. The number of halogens is 2. The molecule has 1 aromatic heterocycles. The van der Waals surface area contributed by atoms with Gasteiger partial charge < -0.3 is 20.5 Å². The highest BCUT2D eigenvalue weighted by molar-refractivity contribution is 6.31. The fraction of sp³-hybridized carbons (Fsp3) is 0.227. The number of nitriles is 1. The molecule has 7 nitrogen and oxygen atoms in total. The van der Waals surface area contributed by atoms with Crippen molar-refractivity contribution in [1.29, 1.82) is 5.26 Å². The van der Waals surface area contributed by atoms with Crippen molar-refractivity contribution in [1.82, 2.24) is 9.97 Å². The molecule has 0 saturated heterocycles. The Morgan fingerprint density at radius 2 is 1.84 bits per heavy atom. The second kappa shape index (κ2) is 12.7. The van der Waals surface area contributed by atoms with Crippen LogP contribution in [0.4, 0.5) is 17.5 Å². The Balaban J connectivity index is 0.00000341. The summed E-state index contributed by atoms with van der Waals surface area (Å²) in [6.07, 6.45) is 0.555. The molecule has 1 heterocycles. The Morgan fingerprint density at radius 1 is 1.06 bits per heavy atom. The van der Waals surface area contributed by atoms with Crippen molar-refractivity contribution in [3.8, 4) is 6.07 Å². The topological polar surface area (TPSA) is 103 Å². The number of nitrogens with zero attached hydrogens (tertiary/aromatic N) is 3. The van der Waals surface area contributed by atoms with E-state index < -0.39 is 0 Å². The summed E-state index contributed by atoms with van der Waals surface area (Å²) in [6.45, 7) is 1.28. The molecule has 9 heteroatoms. The fourth-order valence-corrected chi connectivity index (χ4v) is 2.95. The number of rotatable bonds is 10. The maximum absolute atomic E-state index is 8.95. The van der Waals surface area contributed by atoms with Crippen LogP contribution in [0, 0.1) is 11.3 Å². The van der Waals surface area contributed by atoms with Gasteiger partial charge in [-0.25, -0.2) is 4.98 Å². The molecule has 31 heavy (non-hydrogen) atoms. The smallest absolute Gasteiger partial charge is 0.229 e. The van der Waals surface area contributed by atoms with Crippen LogP contribution in [0.5, 0.6) is 0 Å². The zero-order valence-corrected chi connectivity index (χ0v) is 18.3. The molecule has 2 aromatic carbocycles. The van der Waals surface area contributed by atoms with Crippen LogP contribution < -0.4 is 10.6 Å². The molecule has 0 amide bonds. The molecular formula is C22H23Cl2N5O2. The van der Waals surface area contributed by atoms with Crippen LogP contribution in [0.25, 0.3) is 0 Å². The lowest BCUT2D eigenvalue weighted by atomic mass is 10.1. The van der Waals surface area contributed by atoms with Crippen LogP contribution in [0.3, 0.4) is 0 Å². The number of aliphatic hydroxyl groups is 1. The van der Waals surface area contributed by atoms with E-state index in [2.05, 4.69) is 26.7 Å². The Morgan fingerprint density at radius 3 is 2.55 bits per heavy atom. The zero-order valence-electron chi connectivity index (χ0n) is 16.7. The minimum atomic E-state index is -0.00580. The minimum absolute atomic E-state index is 0. The van der Waals surface area contributed by atoms with Gasteiger partial charge in [0, 0.05) is 29.7 Å². The van der Waals surface area contributed by atoms with Gasteiger partial charge in [0.05, 0.1) is 37.1 Å². The fourth-order valence-electron chi connectivity index (χ4n) is 2.75. The maximum atomic E-state index is 8.95. The SMILES string of the molecule is Cl.N#Cc1ccc(Nc2nc(Cc3ccccc3Cl)cc(NCCOCCO)n2)cc1. The van der Waals surface area contributed by atoms with E-state index in [1.165, 1.54) is 0 Å². The number of hydrogen-bond acceptors (Lipinski definition) is 7. The van der Waals surface area contributed by atoms with Crippen molar-refractivity contribution in [2.45, 2.75) is 6.42 Å². The summed E-state index contributed by atoms with van der Waals surface area (Å²) in [5.74, 6) is 1.08. The normalized spacial score (nSPS) is 10.1. The van der Waals surface area contributed by atoms with Crippen LogP contribution in [0.2, 0.25) is 5.02 Å². The van der Waals surface area contributed by atoms with Gasteiger partial charge in [-0.05, 0) is 35.9 Å². The van der Waals surface area contributed by atoms with E-state index in [4.69, 9.17) is 26.7 Å². The number of aliphatic hydroxyl groups excluding tert-OH is 1. The van der Waals surface area contributed by atoms with Gasteiger partial charge in [0.25, 0.3) is 0 Å². The first-order chi connectivity index (χ1) is 14.7. The average Bonchev–Trinajstić information content (AvgIpc) is 2.76. The first-order valence-electron chi connectivity index (χ1n) is 9.49. The molecule has 0 radical (unpaired) electrons. The molecule has 0 unspecified atom stereocenters. The van der Waals surface area contributed by atoms with Gasteiger partial charge in [0.15, 0.2) is 0 Å². The molecule has 162 valence electrons. The van der Waals surface area contributed by atoms with Crippen LogP contribution >= 0.6 is 24.0 Å². The van der Waals surface area contributed by atoms with E-state index in [0.717, 1.165) is 16.9 Å². The summed E-state index contributed by atoms with van der Waals surface area (Å²) in [6, 6.07) is 18.7. The molecule has 0 spiro atoms. The Hall–Kier alpha value is -2.89. The van der Waals surface area contributed by atoms with Crippen molar-refractivity contribution < 1.29 is 9.84 Å². The van der Waals surface area contributed by atoms with Crippen LogP contribution in [0.15, 0.2) is 54.6 Å². The highest BCUT2D eigenvalue weighted by Gasteiger charge is 2.08. The third-order valence-electron chi connectivity index (χ3n) is 4.17. The van der Waals surface area contributed by atoms with Crippen molar-refractivity contribution in [3.05, 3.63) is 76.4 Å². The van der Waals surface area contributed by atoms with E-state index in [1.54, 1.807) is 24.3 Å². The summed E-state index contributed by atoms with van der Waals surface area (Å²) in [5, 5.41) is 24.8. The number of benzene rings is 2. The maximum Gasteiger partial charge on any atom is 0.229 e. The van der Waals surface area contributed by atoms with E-state index in [9.17, 15) is 0 Å². The molecule has 0 saturated carbocycles. The van der Waals surface area contributed by atoms with Gasteiger partial charge in [-0.3, -0.25) is 0 Å². The molecule has 0 aliphatic heterocycles. The predicted octanol–water partition coefficient (Wildman–Crippen LogP) is 4.18. The summed E-state index contributed by atoms with van der Waals surface area (Å²) >= 11 is 6.31. The van der Waals surface area contributed by atoms with Gasteiger partial charge in [0.2, 0.25) is 5.95 Å². The number of nitrogens with one attached hydrogen (secondary N) is 2. The quantitative estimate of drug-likeness (QED) is 0.390. The number of ether oxygens (including phenoxy) is 1. The van der Waals surface area contributed by atoms with Gasteiger partial charge in [0.1, 0.15) is 5.82 Å². The summed E-state index contributed by atoms with van der Waals surface area (Å²) in [7, 11) is 0. The van der Waals surface area contributed by atoms with E-state index in [0.29, 0.717) is 48.5 Å². The van der Waals surface area contributed by atoms with E-state index in [-0.39, 0.29) is 19.0 Å². The number of aromatic nitrogens is 2. The Labute approximate surface area is 192 Å². The Kier molecular flexibility index (Phi) is 10.0. The predicted molar refractivity (Wildman–Crippen MR) is 124 cm³/mol. The lowest BCUT2D eigenvalue weighted by Crippen LogP contribution is -2.13. The van der Waals surface area contributed by atoms with Crippen molar-refractivity contribution >= 4 is 41.5 Å². The third kappa shape index (κ3) is 7.70. The number of anilines is 3. The molecule has 0 aliphatic rings. The summed E-state index contributed by atoms with van der Waals surface area (Å²) in [5.41, 5.74) is 3.13. The van der Waals surface area contributed by atoms with E-state index >= 15 is 0 Å². The second-order valence-corrected chi connectivity index (χ2v) is 6.82. The van der Waals surface area contributed by atoms with Crippen LogP contribution in [-0.4, -0.2) is 41.4 Å². The Bertz CT molecular complexity index is 1010. The van der Waals surface area contributed by atoms with Crippen molar-refractivity contribution in [3.63, 3.8) is 0 Å². The lowest BCUT2D eigenvalue weighted by Gasteiger charge is -2.12. The second-order valence-electron chi connectivity index (χ2n) is 6.41. The molecule has 0 aliphatic carbocycles. The number of hydrogen-bond donors (Lipinski definition) is 3. The van der Waals surface area contributed by atoms with E-state index in [1.807, 2.05) is 30.3 Å². The van der Waals surface area contributed by atoms with Gasteiger partial charge in [-0.2, -0.15) is 10.2 Å². The van der Waals surface area contributed by atoms with Crippen LogP contribution in [0.1, 0.15) is 16.8 Å². The third-order valence-corrected chi connectivity index (χ3v) is 4.54. The molecule has 0 bridgehead atoms. The zero-order chi connectivity index (χ0) is 21.2. The molecule has 3 aromatic rings. The van der Waals surface area contributed by atoms with Crippen LogP contribution in [-0.2, 0) is 11.2 Å². The monoisotopic (exact) mass is 459 g/mol. The van der Waals surface area contributed by atoms with Gasteiger partial charge in [-0.1, -0.05) is 29.8 Å².